The summed E-state index contributed by atoms with van der Waals surface area (Å²) >= 11 is 0. The van der Waals surface area contributed by atoms with Crippen LogP contribution in [0.15, 0.2) is 12.3 Å². The van der Waals surface area contributed by atoms with Crippen LogP contribution in [-0.2, 0) is 16.0 Å². The van der Waals surface area contributed by atoms with Crippen LogP contribution in [0.3, 0.4) is 0 Å². The SMILES string of the molecule is CCOC(CCn1nccc1O)OCC. The fourth-order valence-electron chi connectivity index (χ4n) is 1.31. The van der Waals surface area contributed by atoms with Gasteiger partial charge in [0, 0.05) is 32.2 Å². The minimum absolute atomic E-state index is 0.168. The van der Waals surface area contributed by atoms with E-state index in [9.17, 15) is 5.11 Å². The summed E-state index contributed by atoms with van der Waals surface area (Å²) in [6.45, 7) is 5.68. The Morgan fingerprint density at radius 1 is 1.40 bits per heavy atom. The Hall–Kier alpha value is -1.07. The van der Waals surface area contributed by atoms with Gasteiger partial charge in [-0.05, 0) is 13.8 Å². The second-order valence-electron chi connectivity index (χ2n) is 3.04. The van der Waals surface area contributed by atoms with Crippen molar-refractivity contribution in [3.8, 4) is 5.88 Å². The van der Waals surface area contributed by atoms with Gasteiger partial charge in [0.25, 0.3) is 0 Å². The highest BCUT2D eigenvalue weighted by Gasteiger charge is 2.09. The maximum absolute atomic E-state index is 9.34. The predicted molar refractivity (Wildman–Crippen MR) is 55.5 cm³/mol. The molecule has 0 radical (unpaired) electrons. The van der Waals surface area contributed by atoms with Crippen LogP contribution in [0.2, 0.25) is 0 Å². The third-order valence-electron chi connectivity index (χ3n) is 1.98. The Balaban J connectivity index is 2.36. The lowest BCUT2D eigenvalue weighted by atomic mass is 10.4. The second-order valence-corrected chi connectivity index (χ2v) is 3.04. The summed E-state index contributed by atoms with van der Waals surface area (Å²) in [6.07, 6.45) is 2.02. The van der Waals surface area contributed by atoms with E-state index >= 15 is 0 Å². The number of hydrogen-bond donors (Lipinski definition) is 1. The van der Waals surface area contributed by atoms with Crippen LogP contribution in [-0.4, -0.2) is 34.4 Å². The predicted octanol–water partition coefficient (Wildman–Crippen LogP) is 1.38. The minimum atomic E-state index is -0.219. The van der Waals surface area contributed by atoms with Gasteiger partial charge in [-0.15, -0.1) is 0 Å². The van der Waals surface area contributed by atoms with E-state index in [4.69, 9.17) is 9.47 Å². The molecule has 0 fully saturated rings. The molecule has 0 amide bonds. The van der Waals surface area contributed by atoms with Crippen molar-refractivity contribution in [3.63, 3.8) is 0 Å². The highest BCUT2D eigenvalue weighted by atomic mass is 16.7. The standard InChI is InChI=1S/C10H18N2O3/c1-3-14-10(15-4-2)6-8-12-9(13)5-7-11-12/h5,7,10,13H,3-4,6,8H2,1-2H3. The third-order valence-corrected chi connectivity index (χ3v) is 1.98. The van der Waals surface area contributed by atoms with E-state index < -0.39 is 0 Å². The van der Waals surface area contributed by atoms with Crippen molar-refractivity contribution in [1.82, 2.24) is 9.78 Å². The molecule has 0 saturated heterocycles. The van der Waals surface area contributed by atoms with Gasteiger partial charge in [0.15, 0.2) is 6.29 Å². The fourth-order valence-corrected chi connectivity index (χ4v) is 1.31. The monoisotopic (exact) mass is 214 g/mol. The third kappa shape index (κ3) is 3.89. The summed E-state index contributed by atoms with van der Waals surface area (Å²) in [6, 6.07) is 1.55. The number of aryl methyl sites for hydroxylation is 1. The summed E-state index contributed by atoms with van der Waals surface area (Å²) in [4.78, 5) is 0. The summed E-state index contributed by atoms with van der Waals surface area (Å²) in [5.74, 6) is 0.168. The molecule has 5 heteroatoms. The number of nitrogens with zero attached hydrogens (tertiary/aromatic N) is 2. The maximum Gasteiger partial charge on any atom is 0.209 e. The van der Waals surface area contributed by atoms with Gasteiger partial charge in [-0.25, -0.2) is 4.68 Å². The van der Waals surface area contributed by atoms with Crippen molar-refractivity contribution in [3.05, 3.63) is 12.3 Å². The lowest BCUT2D eigenvalue weighted by Crippen LogP contribution is -2.19. The van der Waals surface area contributed by atoms with E-state index in [2.05, 4.69) is 5.10 Å². The van der Waals surface area contributed by atoms with Crippen LogP contribution in [0.1, 0.15) is 20.3 Å². The molecule has 15 heavy (non-hydrogen) atoms. The van der Waals surface area contributed by atoms with Gasteiger partial charge in [-0.2, -0.15) is 5.10 Å². The van der Waals surface area contributed by atoms with Gasteiger partial charge >= 0.3 is 0 Å². The number of hydrogen-bond acceptors (Lipinski definition) is 4. The van der Waals surface area contributed by atoms with Gasteiger partial charge in [0.05, 0.1) is 6.20 Å². The molecule has 0 aromatic carbocycles. The minimum Gasteiger partial charge on any atom is -0.493 e. The Labute approximate surface area is 89.6 Å². The zero-order chi connectivity index (χ0) is 11.1. The van der Waals surface area contributed by atoms with Crippen LogP contribution in [0, 0.1) is 0 Å². The highest BCUT2D eigenvalue weighted by molar-refractivity contribution is 5.04. The number of rotatable bonds is 7. The average Bonchev–Trinajstić information content (AvgIpc) is 2.61. The Morgan fingerprint density at radius 2 is 2.07 bits per heavy atom. The van der Waals surface area contributed by atoms with Crippen molar-refractivity contribution in [2.24, 2.45) is 0 Å². The quantitative estimate of drug-likeness (QED) is 0.697. The van der Waals surface area contributed by atoms with Crippen molar-refractivity contribution in [2.45, 2.75) is 33.1 Å². The van der Waals surface area contributed by atoms with E-state index in [1.54, 1.807) is 12.3 Å². The van der Waals surface area contributed by atoms with Crippen LogP contribution < -0.4 is 0 Å². The van der Waals surface area contributed by atoms with Gasteiger partial charge in [0.1, 0.15) is 0 Å². The molecule has 86 valence electrons. The molecule has 0 unspecified atom stereocenters. The summed E-state index contributed by atoms with van der Waals surface area (Å²) in [7, 11) is 0. The normalized spacial score (nSPS) is 11.1. The molecule has 1 rings (SSSR count). The maximum atomic E-state index is 9.34. The van der Waals surface area contributed by atoms with E-state index in [1.807, 2.05) is 13.8 Å². The molecule has 0 aliphatic rings. The first kappa shape index (κ1) is 12.0. The molecular formula is C10H18N2O3. The van der Waals surface area contributed by atoms with E-state index in [0.717, 1.165) is 0 Å². The van der Waals surface area contributed by atoms with Gasteiger partial charge in [0.2, 0.25) is 5.88 Å². The van der Waals surface area contributed by atoms with Crippen LogP contribution in [0.5, 0.6) is 5.88 Å². The molecule has 5 nitrogen and oxygen atoms in total. The van der Waals surface area contributed by atoms with E-state index in [0.29, 0.717) is 26.2 Å². The van der Waals surface area contributed by atoms with Gasteiger partial charge in [-0.1, -0.05) is 0 Å². The first-order chi connectivity index (χ1) is 7.27. The number of aromatic hydroxyl groups is 1. The first-order valence-electron chi connectivity index (χ1n) is 5.21. The molecule has 1 aromatic heterocycles. The van der Waals surface area contributed by atoms with Crippen molar-refractivity contribution in [2.75, 3.05) is 13.2 Å². The average molecular weight is 214 g/mol. The number of ether oxygens (including phenoxy) is 2. The summed E-state index contributed by atoms with van der Waals surface area (Å²) in [5.41, 5.74) is 0. The zero-order valence-electron chi connectivity index (χ0n) is 9.22. The summed E-state index contributed by atoms with van der Waals surface area (Å²) in [5, 5.41) is 13.3. The molecule has 0 aliphatic carbocycles. The van der Waals surface area contributed by atoms with Crippen LogP contribution in [0.4, 0.5) is 0 Å². The van der Waals surface area contributed by atoms with Gasteiger partial charge < -0.3 is 14.6 Å². The topological polar surface area (TPSA) is 56.5 Å². The van der Waals surface area contributed by atoms with E-state index in [1.165, 1.54) is 4.68 Å². The lowest BCUT2D eigenvalue weighted by molar-refractivity contribution is -0.141. The molecule has 0 aliphatic heterocycles. The molecular weight excluding hydrogens is 196 g/mol. The molecule has 1 N–H and O–H groups in total. The second kappa shape index (κ2) is 6.42. The lowest BCUT2D eigenvalue weighted by Gasteiger charge is -2.16. The first-order valence-corrected chi connectivity index (χ1v) is 5.21. The van der Waals surface area contributed by atoms with Crippen molar-refractivity contribution < 1.29 is 14.6 Å². The highest BCUT2D eigenvalue weighted by Crippen LogP contribution is 2.09. The van der Waals surface area contributed by atoms with Crippen molar-refractivity contribution >= 4 is 0 Å². The molecule has 0 bridgehead atoms. The fraction of sp³-hybridized carbons (Fsp3) is 0.700. The van der Waals surface area contributed by atoms with E-state index in [-0.39, 0.29) is 12.2 Å². The summed E-state index contributed by atoms with van der Waals surface area (Å²) < 4.78 is 12.3. The van der Waals surface area contributed by atoms with Crippen molar-refractivity contribution in [1.29, 1.82) is 0 Å². The van der Waals surface area contributed by atoms with Gasteiger partial charge in [-0.3, -0.25) is 0 Å². The smallest absolute Gasteiger partial charge is 0.209 e. The molecule has 0 spiro atoms. The largest absolute Gasteiger partial charge is 0.493 e. The molecule has 1 aromatic rings. The number of aromatic nitrogens is 2. The zero-order valence-corrected chi connectivity index (χ0v) is 9.22. The Bertz CT molecular complexity index is 269. The molecule has 0 saturated carbocycles. The van der Waals surface area contributed by atoms with Crippen LogP contribution in [0.25, 0.3) is 0 Å². The molecule has 1 heterocycles. The van der Waals surface area contributed by atoms with Crippen LogP contribution >= 0.6 is 0 Å². The Morgan fingerprint density at radius 3 is 2.53 bits per heavy atom. The molecule has 0 atom stereocenters. The Kier molecular flexibility index (Phi) is 5.14.